The molecule has 0 saturated carbocycles. The van der Waals surface area contributed by atoms with E-state index >= 15 is 0 Å². The lowest BCUT2D eigenvalue weighted by molar-refractivity contribution is -0.125. The molecule has 1 N–H and O–H groups in total. The Bertz CT molecular complexity index is 981. The Balaban J connectivity index is 1.36. The highest BCUT2D eigenvalue weighted by molar-refractivity contribution is 7.20. The van der Waals surface area contributed by atoms with Gasteiger partial charge in [0.1, 0.15) is 17.0 Å². The maximum atomic E-state index is 12.3. The molecule has 30 heavy (non-hydrogen) atoms. The first kappa shape index (κ1) is 20.9. The lowest BCUT2D eigenvalue weighted by Gasteiger charge is -2.27. The number of amides is 3. The molecule has 0 bridgehead atoms. The van der Waals surface area contributed by atoms with Gasteiger partial charge >= 0.3 is 6.09 Å². The van der Waals surface area contributed by atoms with Crippen LogP contribution in [0.2, 0.25) is 8.67 Å². The SMILES string of the molecule is O=C(NC[C@H]1CN(c2ccc(N3CCOCC3=O)cc2)C(=O)O1)c1cc(Cl)sc1Cl. The molecule has 11 heteroatoms. The molecule has 0 spiro atoms. The maximum absolute atomic E-state index is 12.3. The molecule has 4 rings (SSSR count). The molecule has 3 amide bonds. The number of hydrogen-bond acceptors (Lipinski definition) is 6. The molecular weight excluding hydrogens is 453 g/mol. The Hall–Kier alpha value is -2.33. The lowest BCUT2D eigenvalue weighted by atomic mass is 10.2. The molecule has 0 aliphatic carbocycles. The molecule has 0 unspecified atom stereocenters. The average Bonchev–Trinajstić information content (AvgIpc) is 3.28. The first-order chi connectivity index (χ1) is 14.4. The van der Waals surface area contributed by atoms with Gasteiger partial charge in [-0.2, -0.15) is 0 Å². The minimum Gasteiger partial charge on any atom is -0.442 e. The van der Waals surface area contributed by atoms with Crippen molar-refractivity contribution in [1.29, 1.82) is 0 Å². The molecule has 8 nitrogen and oxygen atoms in total. The van der Waals surface area contributed by atoms with Crippen LogP contribution in [0.25, 0.3) is 0 Å². The monoisotopic (exact) mass is 469 g/mol. The van der Waals surface area contributed by atoms with E-state index in [9.17, 15) is 14.4 Å². The second-order valence-electron chi connectivity index (χ2n) is 6.68. The van der Waals surface area contributed by atoms with Crippen LogP contribution < -0.4 is 15.1 Å². The van der Waals surface area contributed by atoms with Crippen LogP contribution in [0.3, 0.4) is 0 Å². The van der Waals surface area contributed by atoms with E-state index in [0.717, 1.165) is 17.0 Å². The largest absolute Gasteiger partial charge is 0.442 e. The third kappa shape index (κ3) is 4.39. The summed E-state index contributed by atoms with van der Waals surface area (Å²) >= 11 is 13.0. The molecule has 158 valence electrons. The summed E-state index contributed by atoms with van der Waals surface area (Å²) in [5.74, 6) is -0.477. The predicted molar refractivity (Wildman–Crippen MR) is 114 cm³/mol. The van der Waals surface area contributed by atoms with Crippen LogP contribution in [0.1, 0.15) is 10.4 Å². The van der Waals surface area contributed by atoms with Crippen LogP contribution in [0, 0.1) is 0 Å². The molecule has 2 aromatic rings. The predicted octanol–water partition coefficient (Wildman–Crippen LogP) is 3.17. The van der Waals surface area contributed by atoms with Crippen LogP contribution >= 0.6 is 34.5 Å². The second-order valence-corrected chi connectivity index (χ2v) is 8.96. The third-order valence-electron chi connectivity index (χ3n) is 4.72. The standard InChI is InChI=1S/C19H17Cl2N3O5S/c20-15-7-14(17(21)30-15)18(26)22-8-13-9-24(19(27)29-13)12-3-1-11(2-4-12)23-5-6-28-10-16(23)25/h1-4,7,13H,5-6,8-10H2,(H,22,26)/t13-/m0/s1. The number of nitrogens with zero attached hydrogens (tertiary/aromatic N) is 2. The number of benzene rings is 1. The Morgan fingerprint density at radius 2 is 1.87 bits per heavy atom. The van der Waals surface area contributed by atoms with Gasteiger partial charge in [-0.05, 0) is 30.3 Å². The highest BCUT2D eigenvalue weighted by Crippen LogP contribution is 2.31. The zero-order valence-corrected chi connectivity index (χ0v) is 17.9. The van der Waals surface area contributed by atoms with Crippen molar-refractivity contribution in [2.45, 2.75) is 6.10 Å². The fourth-order valence-corrected chi connectivity index (χ4v) is 4.70. The van der Waals surface area contributed by atoms with Crippen molar-refractivity contribution in [2.75, 3.05) is 42.6 Å². The van der Waals surface area contributed by atoms with Crippen LogP contribution in [-0.4, -0.2) is 56.9 Å². The van der Waals surface area contributed by atoms with Crippen molar-refractivity contribution in [3.05, 3.63) is 44.6 Å². The minimum absolute atomic E-state index is 0.0659. The number of thiophene rings is 1. The number of anilines is 2. The number of rotatable bonds is 5. The zero-order valence-electron chi connectivity index (χ0n) is 15.6. The zero-order chi connectivity index (χ0) is 21.3. The smallest absolute Gasteiger partial charge is 0.414 e. The third-order valence-corrected chi connectivity index (χ3v) is 6.21. The number of carbonyl (C=O) groups is 3. The number of morpholine rings is 1. The Kier molecular flexibility index (Phi) is 6.14. The average molecular weight is 470 g/mol. The summed E-state index contributed by atoms with van der Waals surface area (Å²) < 4.78 is 11.2. The van der Waals surface area contributed by atoms with Gasteiger partial charge in [-0.3, -0.25) is 14.5 Å². The van der Waals surface area contributed by atoms with Crippen molar-refractivity contribution in [3.8, 4) is 0 Å². The second kappa shape index (κ2) is 8.81. The highest BCUT2D eigenvalue weighted by atomic mass is 35.5. The minimum atomic E-state index is -0.505. The van der Waals surface area contributed by atoms with E-state index in [2.05, 4.69) is 5.32 Å². The summed E-state index contributed by atoms with van der Waals surface area (Å²) in [6, 6.07) is 8.57. The molecule has 1 aromatic carbocycles. The first-order valence-electron chi connectivity index (χ1n) is 9.11. The summed E-state index contributed by atoms with van der Waals surface area (Å²) in [5.41, 5.74) is 1.68. The van der Waals surface area contributed by atoms with Crippen molar-refractivity contribution in [2.24, 2.45) is 0 Å². The van der Waals surface area contributed by atoms with Crippen molar-refractivity contribution >= 4 is 63.8 Å². The van der Waals surface area contributed by atoms with E-state index in [-0.39, 0.29) is 31.5 Å². The summed E-state index contributed by atoms with van der Waals surface area (Å²) in [5, 5.41) is 2.71. The number of halogens is 2. The van der Waals surface area contributed by atoms with Crippen LogP contribution in [0.15, 0.2) is 30.3 Å². The Morgan fingerprint density at radius 1 is 1.17 bits per heavy atom. The Labute approximate surface area is 186 Å². The lowest BCUT2D eigenvalue weighted by Crippen LogP contribution is -2.41. The van der Waals surface area contributed by atoms with E-state index in [1.807, 2.05) is 0 Å². The topological polar surface area (TPSA) is 88.2 Å². The quantitative estimate of drug-likeness (QED) is 0.726. The summed E-state index contributed by atoms with van der Waals surface area (Å²) in [7, 11) is 0. The van der Waals surface area contributed by atoms with Gasteiger partial charge < -0.3 is 19.7 Å². The van der Waals surface area contributed by atoms with E-state index in [0.29, 0.717) is 33.1 Å². The van der Waals surface area contributed by atoms with Crippen molar-refractivity contribution in [1.82, 2.24) is 5.32 Å². The van der Waals surface area contributed by atoms with Gasteiger partial charge in [0.2, 0.25) is 0 Å². The number of ether oxygens (including phenoxy) is 2. The first-order valence-corrected chi connectivity index (χ1v) is 10.7. The number of hydrogen-bond donors (Lipinski definition) is 1. The van der Waals surface area contributed by atoms with E-state index in [1.54, 1.807) is 29.2 Å². The molecule has 2 saturated heterocycles. The number of cyclic esters (lactones) is 1. The maximum Gasteiger partial charge on any atom is 0.414 e. The molecular formula is C19H17Cl2N3O5S. The number of carbonyl (C=O) groups excluding carboxylic acids is 3. The summed E-state index contributed by atoms with van der Waals surface area (Å²) in [6.07, 6.45) is -1.00. The molecule has 3 heterocycles. The van der Waals surface area contributed by atoms with E-state index in [4.69, 9.17) is 32.7 Å². The molecule has 0 radical (unpaired) electrons. The van der Waals surface area contributed by atoms with Gasteiger partial charge in [0.15, 0.2) is 0 Å². The summed E-state index contributed by atoms with van der Waals surface area (Å²) in [6.45, 7) is 1.47. The molecule has 1 aromatic heterocycles. The molecule has 1 atom stereocenters. The van der Waals surface area contributed by atoms with E-state index < -0.39 is 12.2 Å². The van der Waals surface area contributed by atoms with Crippen molar-refractivity contribution in [3.63, 3.8) is 0 Å². The van der Waals surface area contributed by atoms with Gasteiger partial charge in [0.25, 0.3) is 11.8 Å². The van der Waals surface area contributed by atoms with Crippen LogP contribution in [0.5, 0.6) is 0 Å². The number of nitrogens with one attached hydrogen (secondary N) is 1. The fourth-order valence-electron chi connectivity index (χ4n) is 3.24. The highest BCUT2D eigenvalue weighted by Gasteiger charge is 2.33. The van der Waals surface area contributed by atoms with Gasteiger partial charge in [-0.1, -0.05) is 23.2 Å². The van der Waals surface area contributed by atoms with Gasteiger partial charge in [-0.25, -0.2) is 4.79 Å². The van der Waals surface area contributed by atoms with E-state index in [1.165, 1.54) is 11.0 Å². The van der Waals surface area contributed by atoms with Gasteiger partial charge in [-0.15, -0.1) is 11.3 Å². The fraction of sp³-hybridized carbons (Fsp3) is 0.316. The normalized spacial score (nSPS) is 19.2. The molecule has 2 fully saturated rings. The molecule has 2 aliphatic rings. The van der Waals surface area contributed by atoms with Gasteiger partial charge in [0, 0.05) is 17.9 Å². The van der Waals surface area contributed by atoms with Crippen LogP contribution in [0.4, 0.5) is 16.2 Å². The van der Waals surface area contributed by atoms with Crippen molar-refractivity contribution < 1.29 is 23.9 Å². The van der Waals surface area contributed by atoms with Gasteiger partial charge in [0.05, 0.1) is 29.6 Å². The molecule has 2 aliphatic heterocycles. The van der Waals surface area contributed by atoms with Crippen LogP contribution in [-0.2, 0) is 14.3 Å². The Morgan fingerprint density at radius 3 is 2.50 bits per heavy atom. The summed E-state index contributed by atoms with van der Waals surface area (Å²) in [4.78, 5) is 39.6.